The molecule has 0 aromatic rings. The molecule has 94 valence electrons. The van der Waals surface area contributed by atoms with Crippen molar-refractivity contribution in [3.05, 3.63) is 0 Å². The maximum atomic E-state index is 11.6. The number of unbranched alkanes of at least 4 members (excludes halogenated alkanes) is 1. The highest BCUT2D eigenvalue weighted by Gasteiger charge is 2.21. The first-order valence-electron chi connectivity index (χ1n) is 6.11. The standard InChI is InChI=1S/C12H22BrNO2/c1-14(12(15)4-2-3-7-13)8-9-16-10-11-5-6-11/h11H,2-10H2,1H3. The maximum absolute atomic E-state index is 11.6. The largest absolute Gasteiger partial charge is 0.379 e. The van der Waals surface area contributed by atoms with Gasteiger partial charge in [0.2, 0.25) is 5.91 Å². The number of likely N-dealkylation sites (N-methyl/N-ethyl adjacent to an activating group) is 1. The van der Waals surface area contributed by atoms with Crippen molar-refractivity contribution in [2.45, 2.75) is 32.1 Å². The summed E-state index contributed by atoms with van der Waals surface area (Å²) in [4.78, 5) is 13.4. The van der Waals surface area contributed by atoms with E-state index in [1.54, 1.807) is 4.90 Å². The number of alkyl halides is 1. The lowest BCUT2D eigenvalue weighted by molar-refractivity contribution is -0.130. The molecule has 16 heavy (non-hydrogen) atoms. The molecule has 4 heteroatoms. The van der Waals surface area contributed by atoms with Crippen LogP contribution in [0.15, 0.2) is 0 Å². The molecule has 3 nitrogen and oxygen atoms in total. The van der Waals surface area contributed by atoms with E-state index in [1.165, 1.54) is 12.8 Å². The molecule has 1 aliphatic rings. The van der Waals surface area contributed by atoms with E-state index in [9.17, 15) is 4.79 Å². The summed E-state index contributed by atoms with van der Waals surface area (Å²) in [5.41, 5.74) is 0. The van der Waals surface area contributed by atoms with Gasteiger partial charge in [-0.2, -0.15) is 0 Å². The summed E-state index contributed by atoms with van der Waals surface area (Å²) in [5.74, 6) is 1.04. The topological polar surface area (TPSA) is 29.5 Å². The van der Waals surface area contributed by atoms with Gasteiger partial charge in [0.15, 0.2) is 0 Å². The molecular formula is C12H22BrNO2. The molecule has 1 rings (SSSR count). The first-order chi connectivity index (χ1) is 7.74. The van der Waals surface area contributed by atoms with Crippen LogP contribution in [0.1, 0.15) is 32.1 Å². The van der Waals surface area contributed by atoms with Crippen molar-refractivity contribution in [3.63, 3.8) is 0 Å². The van der Waals surface area contributed by atoms with Gasteiger partial charge in [-0.25, -0.2) is 0 Å². The number of halogens is 1. The van der Waals surface area contributed by atoms with Crippen LogP contribution < -0.4 is 0 Å². The van der Waals surface area contributed by atoms with Crippen molar-refractivity contribution in [2.24, 2.45) is 5.92 Å². The number of rotatable bonds is 9. The van der Waals surface area contributed by atoms with Gasteiger partial charge in [-0.1, -0.05) is 15.9 Å². The van der Waals surface area contributed by atoms with E-state index >= 15 is 0 Å². The molecule has 0 spiro atoms. The molecule has 0 unspecified atom stereocenters. The molecule has 1 fully saturated rings. The summed E-state index contributed by atoms with van der Waals surface area (Å²) in [6.45, 7) is 2.28. The number of ether oxygens (including phenoxy) is 1. The number of hydrogen-bond donors (Lipinski definition) is 0. The van der Waals surface area contributed by atoms with E-state index < -0.39 is 0 Å². The molecule has 0 atom stereocenters. The van der Waals surface area contributed by atoms with Crippen LogP contribution >= 0.6 is 15.9 Å². The highest BCUT2D eigenvalue weighted by atomic mass is 79.9. The average molecular weight is 292 g/mol. The monoisotopic (exact) mass is 291 g/mol. The van der Waals surface area contributed by atoms with Gasteiger partial charge in [-0.3, -0.25) is 4.79 Å². The SMILES string of the molecule is CN(CCOCC1CC1)C(=O)CCCCBr. The Morgan fingerprint density at radius 2 is 2.19 bits per heavy atom. The van der Waals surface area contributed by atoms with Crippen LogP contribution in [0.25, 0.3) is 0 Å². The van der Waals surface area contributed by atoms with Gasteiger partial charge in [0.25, 0.3) is 0 Å². The predicted octanol–water partition coefficient (Wildman–Crippen LogP) is 2.44. The van der Waals surface area contributed by atoms with Gasteiger partial charge in [0.1, 0.15) is 0 Å². The molecular weight excluding hydrogens is 270 g/mol. The van der Waals surface area contributed by atoms with E-state index in [4.69, 9.17) is 4.74 Å². The highest BCUT2D eigenvalue weighted by Crippen LogP contribution is 2.28. The molecule has 0 N–H and O–H groups in total. The number of carbonyl (C=O) groups excluding carboxylic acids is 1. The lowest BCUT2D eigenvalue weighted by Gasteiger charge is -2.17. The Balaban J connectivity index is 1.94. The van der Waals surface area contributed by atoms with Crippen molar-refractivity contribution in [3.8, 4) is 0 Å². The maximum Gasteiger partial charge on any atom is 0.222 e. The Labute approximate surface area is 107 Å². The first kappa shape index (κ1) is 14.0. The Hall–Kier alpha value is -0.0900. The van der Waals surface area contributed by atoms with Gasteiger partial charge in [-0.05, 0) is 31.6 Å². The molecule has 1 aliphatic carbocycles. The second-order valence-corrected chi connectivity index (χ2v) is 5.27. The summed E-state index contributed by atoms with van der Waals surface area (Å²) in [6, 6.07) is 0. The summed E-state index contributed by atoms with van der Waals surface area (Å²) in [5, 5.41) is 0.981. The highest BCUT2D eigenvalue weighted by molar-refractivity contribution is 9.09. The lowest BCUT2D eigenvalue weighted by Crippen LogP contribution is -2.30. The van der Waals surface area contributed by atoms with Gasteiger partial charge in [0, 0.05) is 32.0 Å². The van der Waals surface area contributed by atoms with E-state index in [1.807, 2.05) is 7.05 Å². The second kappa shape index (κ2) is 8.07. The molecule has 1 saturated carbocycles. The van der Waals surface area contributed by atoms with Gasteiger partial charge >= 0.3 is 0 Å². The normalized spacial score (nSPS) is 15.1. The molecule has 0 radical (unpaired) electrons. The first-order valence-corrected chi connectivity index (χ1v) is 7.24. The molecule has 0 aromatic heterocycles. The fourth-order valence-corrected chi connectivity index (χ4v) is 1.82. The Morgan fingerprint density at radius 3 is 2.81 bits per heavy atom. The lowest BCUT2D eigenvalue weighted by atomic mass is 10.2. The van der Waals surface area contributed by atoms with Gasteiger partial charge in [0.05, 0.1) is 6.61 Å². The number of nitrogens with zero attached hydrogens (tertiary/aromatic N) is 1. The van der Waals surface area contributed by atoms with Crippen molar-refractivity contribution in [1.82, 2.24) is 4.90 Å². The predicted molar refractivity (Wildman–Crippen MR) is 68.8 cm³/mol. The van der Waals surface area contributed by atoms with Crippen molar-refractivity contribution < 1.29 is 9.53 Å². The fraction of sp³-hybridized carbons (Fsp3) is 0.917. The molecule has 0 bridgehead atoms. The minimum Gasteiger partial charge on any atom is -0.379 e. The number of amides is 1. The Bertz CT molecular complexity index is 207. The average Bonchev–Trinajstić information content (AvgIpc) is 3.08. The van der Waals surface area contributed by atoms with Crippen molar-refractivity contribution >= 4 is 21.8 Å². The van der Waals surface area contributed by atoms with Crippen LogP contribution in [0.3, 0.4) is 0 Å². The molecule has 0 aliphatic heterocycles. The molecule has 0 heterocycles. The van der Waals surface area contributed by atoms with Gasteiger partial charge < -0.3 is 9.64 Å². The zero-order chi connectivity index (χ0) is 11.8. The minimum atomic E-state index is 0.232. The fourth-order valence-electron chi connectivity index (χ4n) is 1.42. The molecule has 0 saturated heterocycles. The Morgan fingerprint density at radius 1 is 1.44 bits per heavy atom. The summed E-state index contributed by atoms with van der Waals surface area (Å²) >= 11 is 3.36. The Kier molecular flexibility index (Phi) is 7.05. The number of hydrogen-bond acceptors (Lipinski definition) is 2. The smallest absolute Gasteiger partial charge is 0.222 e. The van der Waals surface area contributed by atoms with Crippen LogP contribution in [-0.4, -0.2) is 42.9 Å². The van der Waals surface area contributed by atoms with Crippen LogP contribution in [0.4, 0.5) is 0 Å². The van der Waals surface area contributed by atoms with E-state index in [0.717, 1.165) is 37.2 Å². The third-order valence-corrected chi connectivity index (χ3v) is 3.38. The van der Waals surface area contributed by atoms with Crippen molar-refractivity contribution in [2.75, 3.05) is 32.1 Å². The summed E-state index contributed by atoms with van der Waals surface area (Å²) < 4.78 is 5.50. The zero-order valence-corrected chi connectivity index (χ0v) is 11.7. The van der Waals surface area contributed by atoms with Crippen LogP contribution in [0.5, 0.6) is 0 Å². The molecule has 1 amide bonds. The van der Waals surface area contributed by atoms with Crippen LogP contribution in [0.2, 0.25) is 0 Å². The van der Waals surface area contributed by atoms with E-state index in [-0.39, 0.29) is 5.91 Å². The zero-order valence-electron chi connectivity index (χ0n) is 10.1. The third-order valence-electron chi connectivity index (χ3n) is 2.82. The summed E-state index contributed by atoms with van der Waals surface area (Å²) in [7, 11) is 1.86. The minimum absolute atomic E-state index is 0.232. The summed E-state index contributed by atoms with van der Waals surface area (Å²) in [6.07, 6.45) is 5.34. The van der Waals surface area contributed by atoms with E-state index in [0.29, 0.717) is 13.0 Å². The van der Waals surface area contributed by atoms with Crippen LogP contribution in [-0.2, 0) is 9.53 Å². The quantitative estimate of drug-likeness (QED) is 0.482. The van der Waals surface area contributed by atoms with Gasteiger partial charge in [-0.15, -0.1) is 0 Å². The van der Waals surface area contributed by atoms with E-state index in [2.05, 4.69) is 15.9 Å². The third kappa shape index (κ3) is 6.48. The second-order valence-electron chi connectivity index (χ2n) is 4.48. The van der Waals surface area contributed by atoms with Crippen LogP contribution in [0, 0.1) is 5.92 Å². The van der Waals surface area contributed by atoms with Crippen molar-refractivity contribution in [1.29, 1.82) is 0 Å². The number of carbonyl (C=O) groups is 1. The molecule has 0 aromatic carbocycles.